The molecule has 17 heavy (non-hydrogen) atoms. The molecule has 0 fully saturated rings. The third kappa shape index (κ3) is 2.99. The van der Waals surface area contributed by atoms with Gasteiger partial charge < -0.3 is 15.5 Å². The predicted molar refractivity (Wildman–Crippen MR) is 69.6 cm³/mol. The highest BCUT2D eigenvalue weighted by Gasteiger charge is 2.11. The van der Waals surface area contributed by atoms with E-state index >= 15 is 0 Å². The SMILES string of the molecule is Cc1ccc2oc(C(=O)NCCN)cc2c1.Cl. The van der Waals surface area contributed by atoms with Gasteiger partial charge in [0.1, 0.15) is 5.58 Å². The number of furan rings is 1. The van der Waals surface area contributed by atoms with Gasteiger partial charge in [0.15, 0.2) is 5.76 Å². The van der Waals surface area contributed by atoms with Crippen molar-refractivity contribution in [2.24, 2.45) is 5.73 Å². The summed E-state index contributed by atoms with van der Waals surface area (Å²) in [6.45, 7) is 2.88. The van der Waals surface area contributed by atoms with Crippen molar-refractivity contribution in [3.05, 3.63) is 35.6 Å². The number of carbonyl (C=O) groups is 1. The van der Waals surface area contributed by atoms with Crippen LogP contribution in [0.5, 0.6) is 0 Å². The fourth-order valence-corrected chi connectivity index (χ4v) is 1.55. The molecule has 2 aromatic rings. The molecule has 0 unspecified atom stereocenters. The number of halogens is 1. The molecule has 92 valence electrons. The Morgan fingerprint density at radius 2 is 2.18 bits per heavy atom. The standard InChI is InChI=1S/C12H14N2O2.ClH/c1-8-2-3-10-9(6-8)7-11(16-10)12(15)14-5-4-13;/h2-3,6-7H,4-5,13H2,1H3,(H,14,15);1H. The molecule has 1 amide bonds. The molecule has 0 radical (unpaired) electrons. The van der Waals surface area contributed by atoms with Crippen molar-refractivity contribution >= 4 is 29.3 Å². The predicted octanol–water partition coefficient (Wildman–Crippen LogP) is 1.85. The van der Waals surface area contributed by atoms with Crippen molar-refractivity contribution in [3.8, 4) is 0 Å². The summed E-state index contributed by atoms with van der Waals surface area (Å²) < 4.78 is 5.43. The van der Waals surface area contributed by atoms with Crippen LogP contribution >= 0.6 is 12.4 Å². The Bertz CT molecular complexity index is 522. The molecule has 2 rings (SSSR count). The van der Waals surface area contributed by atoms with Gasteiger partial charge >= 0.3 is 0 Å². The van der Waals surface area contributed by atoms with Crippen molar-refractivity contribution in [2.75, 3.05) is 13.1 Å². The van der Waals surface area contributed by atoms with Crippen molar-refractivity contribution < 1.29 is 9.21 Å². The van der Waals surface area contributed by atoms with Crippen LogP contribution in [0.25, 0.3) is 11.0 Å². The van der Waals surface area contributed by atoms with Crippen LogP contribution in [0.2, 0.25) is 0 Å². The summed E-state index contributed by atoms with van der Waals surface area (Å²) in [7, 11) is 0. The van der Waals surface area contributed by atoms with E-state index in [1.807, 2.05) is 25.1 Å². The van der Waals surface area contributed by atoms with E-state index in [0.29, 0.717) is 18.8 Å². The van der Waals surface area contributed by atoms with Crippen molar-refractivity contribution in [3.63, 3.8) is 0 Å². The van der Waals surface area contributed by atoms with Crippen LogP contribution in [0.3, 0.4) is 0 Å². The number of nitrogens with one attached hydrogen (secondary N) is 1. The molecule has 0 spiro atoms. The molecular weight excluding hydrogens is 240 g/mol. The van der Waals surface area contributed by atoms with Crippen LogP contribution in [-0.4, -0.2) is 19.0 Å². The topological polar surface area (TPSA) is 68.3 Å². The van der Waals surface area contributed by atoms with Crippen molar-refractivity contribution in [1.29, 1.82) is 0 Å². The number of hydrogen-bond acceptors (Lipinski definition) is 3. The first-order valence-electron chi connectivity index (χ1n) is 5.19. The number of nitrogens with two attached hydrogens (primary N) is 1. The van der Waals surface area contributed by atoms with Crippen molar-refractivity contribution in [1.82, 2.24) is 5.32 Å². The van der Waals surface area contributed by atoms with Gasteiger partial charge in [-0.25, -0.2) is 0 Å². The fourth-order valence-electron chi connectivity index (χ4n) is 1.55. The lowest BCUT2D eigenvalue weighted by molar-refractivity contribution is 0.0929. The number of benzene rings is 1. The molecule has 0 atom stereocenters. The first-order valence-corrected chi connectivity index (χ1v) is 5.19. The highest BCUT2D eigenvalue weighted by Crippen LogP contribution is 2.20. The Balaban J connectivity index is 0.00000144. The lowest BCUT2D eigenvalue weighted by atomic mass is 10.2. The minimum Gasteiger partial charge on any atom is -0.451 e. The van der Waals surface area contributed by atoms with Crippen LogP contribution in [0.15, 0.2) is 28.7 Å². The van der Waals surface area contributed by atoms with E-state index in [4.69, 9.17) is 10.2 Å². The van der Waals surface area contributed by atoms with E-state index in [1.54, 1.807) is 6.07 Å². The normalized spacial score (nSPS) is 10.0. The van der Waals surface area contributed by atoms with Gasteiger partial charge in [-0.05, 0) is 25.1 Å². The minimum absolute atomic E-state index is 0. The van der Waals surface area contributed by atoms with Crippen LogP contribution in [0.1, 0.15) is 16.1 Å². The molecule has 0 saturated carbocycles. The Hall–Kier alpha value is -1.52. The maximum absolute atomic E-state index is 11.6. The molecule has 0 aliphatic rings. The number of amides is 1. The average molecular weight is 255 g/mol. The molecule has 1 heterocycles. The summed E-state index contributed by atoms with van der Waals surface area (Å²) in [6.07, 6.45) is 0. The first-order chi connectivity index (χ1) is 7.70. The van der Waals surface area contributed by atoms with Crippen LogP contribution < -0.4 is 11.1 Å². The van der Waals surface area contributed by atoms with E-state index < -0.39 is 0 Å². The summed E-state index contributed by atoms with van der Waals surface area (Å²) in [4.78, 5) is 11.6. The lowest BCUT2D eigenvalue weighted by Gasteiger charge is -1.98. The monoisotopic (exact) mass is 254 g/mol. The zero-order chi connectivity index (χ0) is 11.5. The number of fused-ring (bicyclic) bond motifs is 1. The molecule has 0 bridgehead atoms. The summed E-state index contributed by atoms with van der Waals surface area (Å²) in [5.74, 6) is 0.105. The Kier molecular flexibility index (Phi) is 4.54. The number of hydrogen-bond donors (Lipinski definition) is 2. The van der Waals surface area contributed by atoms with Crippen LogP contribution in [0, 0.1) is 6.92 Å². The zero-order valence-electron chi connectivity index (χ0n) is 9.53. The largest absolute Gasteiger partial charge is 0.451 e. The van der Waals surface area contributed by atoms with E-state index in [-0.39, 0.29) is 18.3 Å². The number of aryl methyl sites for hydroxylation is 1. The zero-order valence-corrected chi connectivity index (χ0v) is 10.3. The van der Waals surface area contributed by atoms with E-state index in [9.17, 15) is 4.79 Å². The van der Waals surface area contributed by atoms with E-state index in [2.05, 4.69) is 5.32 Å². The summed E-state index contributed by atoms with van der Waals surface area (Å²) in [5, 5.41) is 3.61. The third-order valence-electron chi connectivity index (χ3n) is 2.33. The molecule has 0 aliphatic heterocycles. The second-order valence-electron chi connectivity index (χ2n) is 3.70. The minimum atomic E-state index is -0.223. The number of rotatable bonds is 3. The fraction of sp³-hybridized carbons (Fsp3) is 0.250. The average Bonchev–Trinajstić information content (AvgIpc) is 2.68. The van der Waals surface area contributed by atoms with Crippen molar-refractivity contribution in [2.45, 2.75) is 6.92 Å². The third-order valence-corrected chi connectivity index (χ3v) is 2.33. The smallest absolute Gasteiger partial charge is 0.287 e. The molecule has 0 aliphatic carbocycles. The highest BCUT2D eigenvalue weighted by molar-refractivity contribution is 5.96. The Labute approximate surface area is 106 Å². The van der Waals surface area contributed by atoms with Gasteiger partial charge in [-0.3, -0.25) is 4.79 Å². The molecule has 5 heteroatoms. The maximum atomic E-state index is 11.6. The summed E-state index contributed by atoms with van der Waals surface area (Å²) in [5.41, 5.74) is 7.17. The summed E-state index contributed by atoms with van der Waals surface area (Å²) >= 11 is 0. The van der Waals surface area contributed by atoms with Gasteiger partial charge in [-0.15, -0.1) is 12.4 Å². The second-order valence-corrected chi connectivity index (χ2v) is 3.70. The first kappa shape index (κ1) is 13.5. The van der Waals surface area contributed by atoms with E-state index in [0.717, 1.165) is 16.5 Å². The molecule has 3 N–H and O–H groups in total. The van der Waals surface area contributed by atoms with Crippen LogP contribution in [-0.2, 0) is 0 Å². The van der Waals surface area contributed by atoms with Crippen LogP contribution in [0.4, 0.5) is 0 Å². The quantitative estimate of drug-likeness (QED) is 0.878. The van der Waals surface area contributed by atoms with Gasteiger partial charge in [-0.1, -0.05) is 11.6 Å². The maximum Gasteiger partial charge on any atom is 0.287 e. The Morgan fingerprint density at radius 1 is 1.41 bits per heavy atom. The highest BCUT2D eigenvalue weighted by atomic mass is 35.5. The Morgan fingerprint density at radius 3 is 2.88 bits per heavy atom. The van der Waals surface area contributed by atoms with Gasteiger partial charge in [0.25, 0.3) is 5.91 Å². The molecule has 4 nitrogen and oxygen atoms in total. The van der Waals surface area contributed by atoms with E-state index in [1.165, 1.54) is 0 Å². The van der Waals surface area contributed by atoms with Gasteiger partial charge in [0.2, 0.25) is 0 Å². The van der Waals surface area contributed by atoms with Gasteiger partial charge in [0.05, 0.1) is 0 Å². The molecule has 1 aromatic carbocycles. The van der Waals surface area contributed by atoms with Gasteiger partial charge in [0, 0.05) is 18.5 Å². The molecular formula is C12H15ClN2O2. The summed E-state index contributed by atoms with van der Waals surface area (Å²) in [6, 6.07) is 7.55. The molecule has 1 aromatic heterocycles. The lowest BCUT2D eigenvalue weighted by Crippen LogP contribution is -2.28. The second kappa shape index (κ2) is 5.70. The van der Waals surface area contributed by atoms with Gasteiger partial charge in [-0.2, -0.15) is 0 Å². The molecule has 0 saturated heterocycles. The number of carbonyl (C=O) groups excluding carboxylic acids is 1.